The Morgan fingerprint density at radius 2 is 1.82 bits per heavy atom. The number of nitrogens with zero attached hydrogens (tertiary/aromatic N) is 2. The molecule has 1 amide bonds. The van der Waals surface area contributed by atoms with Gasteiger partial charge in [0, 0.05) is 11.9 Å². The van der Waals surface area contributed by atoms with Crippen LogP contribution < -0.4 is 10.2 Å². The molecule has 3 aromatic carbocycles. The van der Waals surface area contributed by atoms with E-state index in [1.807, 2.05) is 75.6 Å². The van der Waals surface area contributed by atoms with Crippen molar-refractivity contribution in [3.63, 3.8) is 0 Å². The van der Waals surface area contributed by atoms with E-state index in [1.54, 1.807) is 11.0 Å². The van der Waals surface area contributed by atoms with Crippen molar-refractivity contribution in [2.45, 2.75) is 19.4 Å². The Hall–Kier alpha value is -3.64. The van der Waals surface area contributed by atoms with Crippen LogP contribution in [0.1, 0.15) is 41.1 Å². The van der Waals surface area contributed by atoms with E-state index in [9.17, 15) is 9.59 Å². The summed E-state index contributed by atoms with van der Waals surface area (Å²) >= 11 is 0. The Balaban J connectivity index is 1.71. The van der Waals surface area contributed by atoms with Crippen LogP contribution in [0.3, 0.4) is 0 Å². The summed E-state index contributed by atoms with van der Waals surface area (Å²) in [6, 6.07) is 18.6. The Kier molecular flexibility index (Phi) is 5.84. The van der Waals surface area contributed by atoms with Crippen LogP contribution in [0, 0.1) is 0 Å². The third kappa shape index (κ3) is 3.74. The average Bonchev–Trinajstić information content (AvgIpc) is 3.11. The van der Waals surface area contributed by atoms with Gasteiger partial charge in [0.1, 0.15) is 11.3 Å². The van der Waals surface area contributed by atoms with Crippen molar-refractivity contribution in [3.8, 4) is 5.75 Å². The predicted molar refractivity (Wildman–Crippen MR) is 134 cm³/mol. The SMILES string of the molecule is CCOc1cccc(C2c3c(oc4c(ccc5ccccc54)c3=O)C(=O)N2CCCN(C)C)c1. The molecule has 0 aliphatic carbocycles. The lowest BCUT2D eigenvalue weighted by Gasteiger charge is -2.26. The minimum absolute atomic E-state index is 0.144. The van der Waals surface area contributed by atoms with E-state index in [4.69, 9.17) is 9.15 Å². The quantitative estimate of drug-likeness (QED) is 0.372. The molecular weight excluding hydrogens is 428 g/mol. The molecular formula is C28H28N2O4. The van der Waals surface area contributed by atoms with Gasteiger partial charge in [0.2, 0.25) is 5.76 Å². The first kappa shape index (κ1) is 22.2. The molecule has 0 fully saturated rings. The van der Waals surface area contributed by atoms with Crippen molar-refractivity contribution in [3.05, 3.63) is 87.8 Å². The maximum Gasteiger partial charge on any atom is 0.290 e. The first-order valence-electron chi connectivity index (χ1n) is 11.7. The molecule has 0 saturated heterocycles. The van der Waals surface area contributed by atoms with Crippen molar-refractivity contribution in [1.29, 1.82) is 0 Å². The first-order valence-corrected chi connectivity index (χ1v) is 11.7. The van der Waals surface area contributed by atoms with Crippen LogP contribution in [0.2, 0.25) is 0 Å². The topological polar surface area (TPSA) is 63.0 Å². The van der Waals surface area contributed by atoms with Crippen molar-refractivity contribution in [2.24, 2.45) is 0 Å². The minimum atomic E-state index is -0.516. The van der Waals surface area contributed by atoms with Gasteiger partial charge in [-0.3, -0.25) is 9.59 Å². The number of benzene rings is 3. The molecule has 1 unspecified atom stereocenters. The van der Waals surface area contributed by atoms with E-state index in [1.165, 1.54) is 0 Å². The summed E-state index contributed by atoms with van der Waals surface area (Å²) in [6.07, 6.45) is 0.783. The van der Waals surface area contributed by atoms with Crippen molar-refractivity contribution >= 4 is 27.6 Å². The van der Waals surface area contributed by atoms with Crippen LogP contribution in [0.5, 0.6) is 5.75 Å². The molecule has 0 radical (unpaired) electrons. The summed E-state index contributed by atoms with van der Waals surface area (Å²) in [5, 5.41) is 2.28. The zero-order valence-electron chi connectivity index (χ0n) is 19.7. The maximum absolute atomic E-state index is 13.9. The van der Waals surface area contributed by atoms with Gasteiger partial charge in [0.15, 0.2) is 5.43 Å². The fraction of sp³-hybridized carbons (Fsp3) is 0.286. The summed E-state index contributed by atoms with van der Waals surface area (Å²) in [7, 11) is 4.01. The molecule has 2 heterocycles. The zero-order valence-corrected chi connectivity index (χ0v) is 19.7. The monoisotopic (exact) mass is 456 g/mol. The Morgan fingerprint density at radius 3 is 2.62 bits per heavy atom. The number of hydrogen-bond acceptors (Lipinski definition) is 5. The van der Waals surface area contributed by atoms with E-state index in [0.717, 1.165) is 29.3 Å². The number of ether oxygens (including phenoxy) is 1. The number of rotatable bonds is 7. The zero-order chi connectivity index (χ0) is 23.8. The van der Waals surface area contributed by atoms with E-state index < -0.39 is 6.04 Å². The molecule has 1 atom stereocenters. The van der Waals surface area contributed by atoms with E-state index >= 15 is 0 Å². The summed E-state index contributed by atoms with van der Waals surface area (Å²) in [5.41, 5.74) is 1.56. The second-order valence-corrected chi connectivity index (χ2v) is 8.90. The molecule has 0 saturated carbocycles. The number of fused-ring (bicyclic) bond motifs is 4. The summed E-state index contributed by atoms with van der Waals surface area (Å²) in [5.74, 6) is 0.614. The molecule has 0 N–H and O–H groups in total. The Labute approximate surface area is 198 Å². The molecule has 0 bridgehead atoms. The normalized spacial score (nSPS) is 15.5. The molecule has 4 aromatic rings. The molecule has 1 aliphatic rings. The molecule has 5 rings (SSSR count). The second-order valence-electron chi connectivity index (χ2n) is 8.90. The van der Waals surface area contributed by atoms with Crippen molar-refractivity contribution in [2.75, 3.05) is 33.8 Å². The highest BCUT2D eigenvalue weighted by atomic mass is 16.5. The van der Waals surface area contributed by atoms with Crippen LogP contribution >= 0.6 is 0 Å². The average molecular weight is 457 g/mol. The molecule has 6 nitrogen and oxygen atoms in total. The summed E-state index contributed by atoms with van der Waals surface area (Å²) < 4.78 is 12.0. The van der Waals surface area contributed by atoms with E-state index in [-0.39, 0.29) is 17.1 Å². The largest absolute Gasteiger partial charge is 0.494 e. The number of amides is 1. The lowest BCUT2D eigenvalue weighted by atomic mass is 9.97. The summed E-state index contributed by atoms with van der Waals surface area (Å²) in [6.45, 7) is 3.82. The van der Waals surface area contributed by atoms with Crippen LogP contribution in [0.25, 0.3) is 21.7 Å². The Bertz CT molecular complexity index is 1440. The highest BCUT2D eigenvalue weighted by Gasteiger charge is 2.42. The lowest BCUT2D eigenvalue weighted by Crippen LogP contribution is -2.32. The van der Waals surface area contributed by atoms with Gasteiger partial charge < -0.3 is 19.0 Å². The molecule has 174 valence electrons. The maximum atomic E-state index is 13.9. The van der Waals surface area contributed by atoms with Crippen LogP contribution in [0.4, 0.5) is 0 Å². The molecule has 1 aromatic heterocycles. The minimum Gasteiger partial charge on any atom is -0.494 e. The highest BCUT2D eigenvalue weighted by Crippen LogP contribution is 2.40. The van der Waals surface area contributed by atoms with Gasteiger partial charge in [0.25, 0.3) is 5.91 Å². The number of hydrogen-bond donors (Lipinski definition) is 0. The number of carbonyl (C=O) groups is 1. The van der Waals surface area contributed by atoms with Gasteiger partial charge in [-0.25, -0.2) is 0 Å². The second kappa shape index (κ2) is 8.95. The standard InChI is InChI=1S/C28H28N2O4/c1-4-33-20-11-7-10-19(17-20)24-23-25(31)22-14-13-18-9-5-6-12-21(18)26(22)34-27(23)28(32)30(24)16-8-15-29(2)3/h5-7,9-14,17,24H,4,8,15-16H2,1-3H3. The fourth-order valence-corrected chi connectivity index (χ4v) is 4.82. The van der Waals surface area contributed by atoms with Gasteiger partial charge in [-0.05, 0) is 63.1 Å². The van der Waals surface area contributed by atoms with E-state index in [2.05, 4.69) is 4.90 Å². The third-order valence-corrected chi connectivity index (χ3v) is 6.35. The van der Waals surface area contributed by atoms with Crippen LogP contribution in [-0.2, 0) is 0 Å². The van der Waals surface area contributed by atoms with Crippen molar-refractivity contribution < 1.29 is 13.9 Å². The predicted octanol–water partition coefficient (Wildman–Crippen LogP) is 4.84. The van der Waals surface area contributed by atoms with Crippen LogP contribution in [-0.4, -0.2) is 49.5 Å². The lowest BCUT2D eigenvalue weighted by molar-refractivity contribution is 0.0722. The first-order chi connectivity index (χ1) is 16.5. The molecule has 0 spiro atoms. The van der Waals surface area contributed by atoms with E-state index in [0.29, 0.717) is 35.4 Å². The smallest absolute Gasteiger partial charge is 0.290 e. The van der Waals surface area contributed by atoms with Gasteiger partial charge in [-0.1, -0.05) is 42.5 Å². The van der Waals surface area contributed by atoms with Crippen molar-refractivity contribution in [1.82, 2.24) is 9.80 Å². The highest BCUT2D eigenvalue weighted by molar-refractivity contribution is 6.06. The molecule has 1 aliphatic heterocycles. The Morgan fingerprint density at radius 1 is 1.00 bits per heavy atom. The van der Waals surface area contributed by atoms with Gasteiger partial charge in [-0.2, -0.15) is 0 Å². The molecule has 6 heteroatoms. The van der Waals surface area contributed by atoms with Gasteiger partial charge in [0.05, 0.1) is 23.6 Å². The van der Waals surface area contributed by atoms with Crippen LogP contribution in [0.15, 0.2) is 69.9 Å². The number of carbonyl (C=O) groups excluding carboxylic acids is 1. The fourth-order valence-electron chi connectivity index (χ4n) is 4.82. The van der Waals surface area contributed by atoms with Gasteiger partial charge >= 0.3 is 0 Å². The van der Waals surface area contributed by atoms with Gasteiger partial charge in [-0.15, -0.1) is 0 Å². The summed E-state index contributed by atoms with van der Waals surface area (Å²) in [4.78, 5) is 31.4. The molecule has 34 heavy (non-hydrogen) atoms. The third-order valence-electron chi connectivity index (χ3n) is 6.35.